The molecule has 0 saturated carbocycles. The number of carbonyl (C=O) groups excluding carboxylic acids is 2. The van der Waals surface area contributed by atoms with Gasteiger partial charge in [-0.05, 0) is 67.8 Å². The smallest absolute Gasteiger partial charge is 0.268 e. The molecule has 0 saturated heterocycles. The van der Waals surface area contributed by atoms with E-state index < -0.39 is 17.3 Å². The number of amides is 1. The van der Waals surface area contributed by atoms with Gasteiger partial charge in [-0.25, -0.2) is 4.39 Å². The standard InChI is InChI=1S/C25H23FN2O4/c1-2-32-19-12-6-16(7-13-19)15-27-24(30)21-14-20-22(4-3-5-23(20)29)28(25(21)31)18-10-8-17(26)9-11-18/h6-14H,2-5,15H2,1H3,(H,27,30). The minimum atomic E-state index is -0.569. The lowest BCUT2D eigenvalue weighted by atomic mass is 9.92. The first kappa shape index (κ1) is 21.5. The number of aromatic nitrogens is 1. The zero-order chi connectivity index (χ0) is 22.7. The lowest BCUT2D eigenvalue weighted by Crippen LogP contribution is -2.35. The molecule has 7 heteroatoms. The van der Waals surface area contributed by atoms with Gasteiger partial charge in [-0.3, -0.25) is 19.0 Å². The second-order valence-electron chi connectivity index (χ2n) is 7.57. The summed E-state index contributed by atoms with van der Waals surface area (Å²) in [5, 5.41) is 2.75. The fourth-order valence-corrected chi connectivity index (χ4v) is 3.87. The molecule has 3 aromatic rings. The van der Waals surface area contributed by atoms with Gasteiger partial charge in [0.1, 0.15) is 17.1 Å². The highest BCUT2D eigenvalue weighted by Crippen LogP contribution is 2.24. The van der Waals surface area contributed by atoms with Gasteiger partial charge in [-0.1, -0.05) is 12.1 Å². The summed E-state index contributed by atoms with van der Waals surface area (Å²) in [5.41, 5.74) is 1.54. The number of nitrogens with zero attached hydrogens (tertiary/aromatic N) is 1. The molecule has 1 aromatic heterocycles. The molecule has 0 aliphatic heterocycles. The van der Waals surface area contributed by atoms with Crippen LogP contribution in [0.25, 0.3) is 5.69 Å². The first-order chi connectivity index (χ1) is 15.5. The number of ether oxygens (including phenoxy) is 1. The SMILES string of the molecule is CCOc1ccc(CNC(=O)c2cc3c(n(-c4ccc(F)cc4)c2=O)CCCC3=O)cc1. The van der Waals surface area contributed by atoms with Crippen molar-refractivity contribution in [2.45, 2.75) is 32.7 Å². The third-order valence-corrected chi connectivity index (χ3v) is 5.44. The van der Waals surface area contributed by atoms with Crippen LogP contribution in [0.2, 0.25) is 0 Å². The van der Waals surface area contributed by atoms with Crippen LogP contribution in [0.1, 0.15) is 51.7 Å². The van der Waals surface area contributed by atoms with Crippen LogP contribution in [0.3, 0.4) is 0 Å². The van der Waals surface area contributed by atoms with Crippen LogP contribution in [0.4, 0.5) is 4.39 Å². The number of carbonyl (C=O) groups is 2. The summed E-state index contributed by atoms with van der Waals surface area (Å²) in [6, 6.07) is 14.1. The van der Waals surface area contributed by atoms with Gasteiger partial charge in [0, 0.05) is 29.9 Å². The summed E-state index contributed by atoms with van der Waals surface area (Å²) in [6.07, 6.45) is 1.51. The highest BCUT2D eigenvalue weighted by molar-refractivity contribution is 6.01. The fourth-order valence-electron chi connectivity index (χ4n) is 3.87. The lowest BCUT2D eigenvalue weighted by molar-refractivity contribution is 0.0949. The van der Waals surface area contributed by atoms with Crippen LogP contribution >= 0.6 is 0 Å². The van der Waals surface area contributed by atoms with Crippen molar-refractivity contribution in [1.82, 2.24) is 9.88 Å². The average Bonchev–Trinajstić information content (AvgIpc) is 2.79. The number of hydrogen-bond donors (Lipinski definition) is 1. The van der Waals surface area contributed by atoms with Gasteiger partial charge in [-0.2, -0.15) is 0 Å². The first-order valence-electron chi connectivity index (χ1n) is 10.6. The van der Waals surface area contributed by atoms with Crippen LogP contribution in [0.15, 0.2) is 59.4 Å². The van der Waals surface area contributed by atoms with E-state index in [1.54, 1.807) is 0 Å². The molecule has 32 heavy (non-hydrogen) atoms. The number of fused-ring (bicyclic) bond motifs is 1. The molecule has 1 aliphatic carbocycles. The molecule has 1 N–H and O–H groups in total. The Labute approximate surface area is 184 Å². The minimum Gasteiger partial charge on any atom is -0.494 e. The number of benzene rings is 2. The maximum Gasteiger partial charge on any atom is 0.268 e. The minimum absolute atomic E-state index is 0.109. The van der Waals surface area contributed by atoms with Crippen LogP contribution < -0.4 is 15.6 Å². The summed E-state index contributed by atoms with van der Waals surface area (Å²) >= 11 is 0. The molecule has 1 aliphatic rings. The van der Waals surface area contributed by atoms with Crippen LogP contribution in [0, 0.1) is 5.82 Å². The molecule has 0 spiro atoms. The third kappa shape index (κ3) is 4.32. The zero-order valence-electron chi connectivity index (χ0n) is 17.7. The lowest BCUT2D eigenvalue weighted by Gasteiger charge is -2.21. The Morgan fingerprint density at radius 2 is 1.78 bits per heavy atom. The van der Waals surface area contributed by atoms with E-state index in [0.717, 1.165) is 11.3 Å². The normalized spacial score (nSPS) is 12.9. The van der Waals surface area contributed by atoms with E-state index in [-0.39, 0.29) is 17.9 Å². The molecular formula is C25H23FN2O4. The van der Waals surface area contributed by atoms with Crippen molar-refractivity contribution in [2.75, 3.05) is 6.61 Å². The molecule has 0 fully saturated rings. The maximum atomic E-state index is 13.4. The Bertz CT molecular complexity index is 1210. The zero-order valence-corrected chi connectivity index (χ0v) is 17.7. The Morgan fingerprint density at radius 3 is 2.47 bits per heavy atom. The number of halogens is 1. The Kier molecular flexibility index (Phi) is 6.16. The Balaban J connectivity index is 1.67. The van der Waals surface area contributed by atoms with Gasteiger partial charge in [0.15, 0.2) is 5.78 Å². The predicted octanol–water partition coefficient (Wildman–Crippen LogP) is 3.82. The number of rotatable bonds is 6. The molecule has 0 bridgehead atoms. The molecule has 164 valence electrons. The van der Waals surface area contributed by atoms with Crippen molar-refractivity contribution in [3.05, 3.63) is 93.2 Å². The topological polar surface area (TPSA) is 77.4 Å². The molecule has 1 amide bonds. The quantitative estimate of drug-likeness (QED) is 0.640. The van der Waals surface area contributed by atoms with Crippen LogP contribution in [0.5, 0.6) is 5.75 Å². The second-order valence-corrected chi connectivity index (χ2v) is 7.57. The number of ketones is 1. The summed E-state index contributed by atoms with van der Waals surface area (Å²) < 4.78 is 20.2. The van der Waals surface area contributed by atoms with E-state index >= 15 is 0 Å². The second kappa shape index (κ2) is 9.18. The molecule has 0 atom stereocenters. The highest BCUT2D eigenvalue weighted by atomic mass is 19.1. The monoisotopic (exact) mass is 434 g/mol. The Morgan fingerprint density at radius 1 is 1.06 bits per heavy atom. The summed E-state index contributed by atoms with van der Waals surface area (Å²) in [6.45, 7) is 2.68. The van der Waals surface area contributed by atoms with Gasteiger partial charge >= 0.3 is 0 Å². The fraction of sp³-hybridized carbons (Fsp3) is 0.240. The van der Waals surface area contributed by atoms with Crippen LogP contribution in [-0.2, 0) is 13.0 Å². The summed E-state index contributed by atoms with van der Waals surface area (Å²) in [5.74, 6) is -0.377. The van der Waals surface area contributed by atoms with Crippen molar-refractivity contribution in [2.24, 2.45) is 0 Å². The molecule has 4 rings (SSSR count). The molecule has 6 nitrogen and oxygen atoms in total. The summed E-state index contributed by atoms with van der Waals surface area (Å²) in [4.78, 5) is 38.8. The van der Waals surface area contributed by atoms with Gasteiger partial charge in [0.05, 0.1) is 6.61 Å². The van der Waals surface area contributed by atoms with Gasteiger partial charge in [-0.15, -0.1) is 0 Å². The first-order valence-corrected chi connectivity index (χ1v) is 10.6. The maximum absolute atomic E-state index is 13.4. The molecule has 0 radical (unpaired) electrons. The van der Waals surface area contributed by atoms with E-state index in [4.69, 9.17) is 4.74 Å². The van der Waals surface area contributed by atoms with Crippen molar-refractivity contribution in [3.63, 3.8) is 0 Å². The van der Waals surface area contributed by atoms with E-state index in [2.05, 4.69) is 5.32 Å². The number of hydrogen-bond acceptors (Lipinski definition) is 4. The Hall–Kier alpha value is -3.74. The van der Waals surface area contributed by atoms with E-state index in [1.807, 2.05) is 31.2 Å². The molecule has 0 unspecified atom stereocenters. The predicted molar refractivity (Wildman–Crippen MR) is 118 cm³/mol. The number of nitrogens with one attached hydrogen (secondary N) is 1. The van der Waals surface area contributed by atoms with Gasteiger partial charge in [0.2, 0.25) is 0 Å². The molecule has 2 aromatic carbocycles. The van der Waals surface area contributed by atoms with Crippen molar-refractivity contribution in [1.29, 1.82) is 0 Å². The molecular weight excluding hydrogens is 411 g/mol. The summed E-state index contributed by atoms with van der Waals surface area (Å²) in [7, 11) is 0. The van der Waals surface area contributed by atoms with Crippen molar-refractivity contribution in [3.8, 4) is 11.4 Å². The van der Waals surface area contributed by atoms with Gasteiger partial charge < -0.3 is 10.1 Å². The highest BCUT2D eigenvalue weighted by Gasteiger charge is 2.26. The average molecular weight is 434 g/mol. The van der Waals surface area contributed by atoms with Crippen LogP contribution in [-0.4, -0.2) is 22.9 Å². The number of pyridine rings is 1. The largest absolute Gasteiger partial charge is 0.494 e. The van der Waals surface area contributed by atoms with E-state index in [9.17, 15) is 18.8 Å². The molecule has 1 heterocycles. The third-order valence-electron chi connectivity index (χ3n) is 5.44. The van der Waals surface area contributed by atoms with Crippen molar-refractivity contribution >= 4 is 11.7 Å². The van der Waals surface area contributed by atoms with E-state index in [1.165, 1.54) is 34.9 Å². The number of Topliss-reactive ketones (excluding diaryl/α,β-unsaturated/α-hetero) is 1. The van der Waals surface area contributed by atoms with Gasteiger partial charge in [0.25, 0.3) is 11.5 Å². The van der Waals surface area contributed by atoms with Crippen molar-refractivity contribution < 1.29 is 18.7 Å². The van der Waals surface area contributed by atoms with E-state index in [0.29, 0.717) is 42.8 Å².